The van der Waals surface area contributed by atoms with Crippen LogP contribution in [0.1, 0.15) is 36.7 Å². The fourth-order valence-electron chi connectivity index (χ4n) is 2.25. The molecule has 3 nitrogen and oxygen atoms in total. The standard InChI is InChI=1S/C16H22N2O/c1-11(2)13-5-7-14(8-6-13)16-17-15(9-10-19)12(3)18(16)4/h5-8,11,19H,9-10H2,1-4H3. The van der Waals surface area contributed by atoms with Gasteiger partial charge in [0, 0.05) is 31.3 Å². The van der Waals surface area contributed by atoms with E-state index in [1.54, 1.807) is 0 Å². The predicted molar refractivity (Wildman–Crippen MR) is 78.3 cm³/mol. The zero-order valence-electron chi connectivity index (χ0n) is 12.1. The minimum atomic E-state index is 0.142. The van der Waals surface area contributed by atoms with Crippen LogP contribution >= 0.6 is 0 Å². The molecule has 0 unspecified atom stereocenters. The Balaban J connectivity index is 2.38. The van der Waals surface area contributed by atoms with Crippen molar-refractivity contribution in [3.8, 4) is 11.4 Å². The second kappa shape index (κ2) is 5.57. The Bertz CT molecular complexity index is 553. The summed E-state index contributed by atoms with van der Waals surface area (Å²) in [6, 6.07) is 8.57. The monoisotopic (exact) mass is 258 g/mol. The average molecular weight is 258 g/mol. The highest BCUT2D eigenvalue weighted by molar-refractivity contribution is 5.57. The summed E-state index contributed by atoms with van der Waals surface area (Å²) in [5.74, 6) is 1.51. The van der Waals surface area contributed by atoms with Gasteiger partial charge < -0.3 is 9.67 Å². The maximum Gasteiger partial charge on any atom is 0.140 e. The molecular formula is C16H22N2O. The topological polar surface area (TPSA) is 38.1 Å². The van der Waals surface area contributed by atoms with Gasteiger partial charge >= 0.3 is 0 Å². The lowest BCUT2D eigenvalue weighted by molar-refractivity contribution is 0.298. The van der Waals surface area contributed by atoms with Crippen molar-refractivity contribution in [3.63, 3.8) is 0 Å². The third-order valence-electron chi connectivity index (χ3n) is 3.66. The first-order valence-electron chi connectivity index (χ1n) is 6.78. The van der Waals surface area contributed by atoms with Gasteiger partial charge in [0.2, 0.25) is 0 Å². The summed E-state index contributed by atoms with van der Waals surface area (Å²) in [4.78, 5) is 4.65. The van der Waals surface area contributed by atoms with Crippen molar-refractivity contribution in [3.05, 3.63) is 41.2 Å². The molecule has 0 atom stereocenters. The summed E-state index contributed by atoms with van der Waals surface area (Å²) in [5.41, 5.74) is 4.56. The molecule has 1 heterocycles. The molecule has 0 spiro atoms. The fourth-order valence-corrected chi connectivity index (χ4v) is 2.25. The van der Waals surface area contributed by atoms with Gasteiger partial charge in [-0.25, -0.2) is 4.98 Å². The van der Waals surface area contributed by atoms with E-state index in [0.717, 1.165) is 22.8 Å². The SMILES string of the molecule is Cc1c(CCO)nc(-c2ccc(C(C)C)cc2)n1C. The largest absolute Gasteiger partial charge is 0.396 e. The van der Waals surface area contributed by atoms with E-state index in [2.05, 4.69) is 47.7 Å². The van der Waals surface area contributed by atoms with Crippen molar-refractivity contribution in [2.24, 2.45) is 7.05 Å². The van der Waals surface area contributed by atoms with E-state index < -0.39 is 0 Å². The van der Waals surface area contributed by atoms with E-state index in [-0.39, 0.29) is 6.61 Å². The molecule has 1 aromatic carbocycles. The number of nitrogens with zero attached hydrogens (tertiary/aromatic N) is 2. The Morgan fingerprint density at radius 3 is 2.37 bits per heavy atom. The highest BCUT2D eigenvalue weighted by atomic mass is 16.3. The van der Waals surface area contributed by atoms with Gasteiger partial charge in [-0.1, -0.05) is 38.1 Å². The van der Waals surface area contributed by atoms with Gasteiger partial charge in [-0.05, 0) is 18.4 Å². The molecule has 0 saturated carbocycles. The van der Waals surface area contributed by atoms with E-state index >= 15 is 0 Å². The van der Waals surface area contributed by atoms with Crippen LogP contribution in [0.25, 0.3) is 11.4 Å². The van der Waals surface area contributed by atoms with Crippen molar-refractivity contribution >= 4 is 0 Å². The first kappa shape index (κ1) is 13.8. The molecule has 0 aliphatic carbocycles. The third kappa shape index (κ3) is 2.71. The molecule has 19 heavy (non-hydrogen) atoms. The summed E-state index contributed by atoms with van der Waals surface area (Å²) >= 11 is 0. The van der Waals surface area contributed by atoms with Crippen LogP contribution in [0.2, 0.25) is 0 Å². The Morgan fingerprint density at radius 1 is 1.21 bits per heavy atom. The number of hydrogen-bond acceptors (Lipinski definition) is 2. The normalized spacial score (nSPS) is 11.3. The Kier molecular flexibility index (Phi) is 4.05. The molecule has 0 aliphatic heterocycles. The lowest BCUT2D eigenvalue weighted by Gasteiger charge is -2.07. The lowest BCUT2D eigenvalue weighted by Crippen LogP contribution is -1.96. The quantitative estimate of drug-likeness (QED) is 0.915. The van der Waals surface area contributed by atoms with E-state index in [1.165, 1.54) is 5.56 Å². The van der Waals surface area contributed by atoms with Gasteiger partial charge in [-0.15, -0.1) is 0 Å². The summed E-state index contributed by atoms with van der Waals surface area (Å²) < 4.78 is 2.09. The van der Waals surface area contributed by atoms with Crippen LogP contribution in [-0.4, -0.2) is 21.3 Å². The molecule has 0 radical (unpaired) electrons. The molecule has 2 rings (SSSR count). The van der Waals surface area contributed by atoms with E-state index in [9.17, 15) is 0 Å². The maximum atomic E-state index is 9.06. The molecule has 3 heteroatoms. The predicted octanol–water partition coefficient (Wildman–Crippen LogP) is 3.05. The molecule has 1 aromatic heterocycles. The number of hydrogen-bond donors (Lipinski definition) is 1. The number of aliphatic hydroxyl groups is 1. The molecule has 0 saturated heterocycles. The molecule has 0 bridgehead atoms. The van der Waals surface area contributed by atoms with Gasteiger partial charge in [-0.2, -0.15) is 0 Å². The Hall–Kier alpha value is -1.61. The minimum absolute atomic E-state index is 0.142. The van der Waals surface area contributed by atoms with E-state index in [1.807, 2.05) is 14.0 Å². The van der Waals surface area contributed by atoms with Gasteiger partial charge in [0.15, 0.2) is 0 Å². The molecule has 102 valence electrons. The average Bonchev–Trinajstić information content (AvgIpc) is 2.68. The van der Waals surface area contributed by atoms with E-state index in [0.29, 0.717) is 12.3 Å². The van der Waals surface area contributed by atoms with Crippen molar-refractivity contribution in [2.75, 3.05) is 6.61 Å². The summed E-state index contributed by atoms with van der Waals surface area (Å²) in [7, 11) is 2.02. The molecule has 0 aliphatic rings. The molecule has 1 N–H and O–H groups in total. The zero-order valence-corrected chi connectivity index (χ0v) is 12.1. The van der Waals surface area contributed by atoms with Crippen LogP contribution in [0.15, 0.2) is 24.3 Å². The minimum Gasteiger partial charge on any atom is -0.396 e. The van der Waals surface area contributed by atoms with Crippen molar-refractivity contribution in [1.82, 2.24) is 9.55 Å². The molecule has 2 aromatic rings. The number of rotatable bonds is 4. The molecule has 0 amide bonds. The van der Waals surface area contributed by atoms with Crippen LogP contribution in [0.5, 0.6) is 0 Å². The zero-order chi connectivity index (χ0) is 14.0. The second-order valence-electron chi connectivity index (χ2n) is 5.28. The first-order chi connectivity index (χ1) is 9.04. The van der Waals surface area contributed by atoms with Crippen LogP contribution < -0.4 is 0 Å². The number of benzene rings is 1. The smallest absolute Gasteiger partial charge is 0.140 e. The summed E-state index contributed by atoms with van der Waals surface area (Å²) in [5, 5.41) is 9.06. The third-order valence-corrected chi connectivity index (χ3v) is 3.66. The Labute approximate surface area is 114 Å². The van der Waals surface area contributed by atoms with Crippen LogP contribution in [-0.2, 0) is 13.5 Å². The van der Waals surface area contributed by atoms with Gasteiger partial charge in [0.1, 0.15) is 5.82 Å². The van der Waals surface area contributed by atoms with Crippen LogP contribution in [0.4, 0.5) is 0 Å². The van der Waals surface area contributed by atoms with Gasteiger partial charge in [0.25, 0.3) is 0 Å². The van der Waals surface area contributed by atoms with Crippen molar-refractivity contribution < 1.29 is 5.11 Å². The second-order valence-corrected chi connectivity index (χ2v) is 5.28. The van der Waals surface area contributed by atoms with E-state index in [4.69, 9.17) is 5.11 Å². The number of aliphatic hydroxyl groups excluding tert-OH is 1. The highest BCUT2D eigenvalue weighted by Crippen LogP contribution is 2.23. The van der Waals surface area contributed by atoms with Crippen molar-refractivity contribution in [2.45, 2.75) is 33.1 Å². The maximum absolute atomic E-state index is 9.06. The highest BCUT2D eigenvalue weighted by Gasteiger charge is 2.12. The van der Waals surface area contributed by atoms with Crippen molar-refractivity contribution in [1.29, 1.82) is 0 Å². The number of aromatic nitrogens is 2. The van der Waals surface area contributed by atoms with Gasteiger partial charge in [-0.3, -0.25) is 0 Å². The number of imidazole rings is 1. The summed E-state index contributed by atoms with van der Waals surface area (Å²) in [6.45, 7) is 6.58. The Morgan fingerprint density at radius 2 is 1.84 bits per heavy atom. The van der Waals surface area contributed by atoms with Gasteiger partial charge in [0.05, 0.1) is 5.69 Å². The summed E-state index contributed by atoms with van der Waals surface area (Å²) in [6.07, 6.45) is 0.615. The molecule has 0 fully saturated rings. The van der Waals surface area contributed by atoms with Crippen LogP contribution in [0.3, 0.4) is 0 Å². The molecular weight excluding hydrogens is 236 g/mol. The lowest BCUT2D eigenvalue weighted by atomic mass is 10.0. The fraction of sp³-hybridized carbons (Fsp3) is 0.438. The van der Waals surface area contributed by atoms with Crippen LogP contribution in [0, 0.1) is 6.92 Å². The first-order valence-corrected chi connectivity index (χ1v) is 6.78.